The molecule has 1 aromatic heterocycles. The van der Waals surface area contributed by atoms with Gasteiger partial charge in [-0.1, -0.05) is 6.92 Å². The molecule has 1 aromatic rings. The summed E-state index contributed by atoms with van der Waals surface area (Å²) >= 11 is 0. The van der Waals surface area contributed by atoms with Crippen LogP contribution in [0.2, 0.25) is 0 Å². The Morgan fingerprint density at radius 1 is 1.64 bits per heavy atom. The van der Waals surface area contributed by atoms with E-state index in [1.165, 1.54) is 6.07 Å². The Hall–Kier alpha value is -1.78. The molecule has 0 atom stereocenters. The second-order valence-corrected chi connectivity index (χ2v) is 2.86. The minimum Gasteiger partial charge on any atom is -0.294 e. The molecule has 0 N–H and O–H groups in total. The molecular formula is C9H10N2O3. The fraction of sp³-hybridized carbons (Fsp3) is 0.333. The maximum Gasteiger partial charge on any atom is 0.288 e. The van der Waals surface area contributed by atoms with Crippen molar-refractivity contribution >= 4 is 11.5 Å². The van der Waals surface area contributed by atoms with Gasteiger partial charge in [0.2, 0.25) is 0 Å². The van der Waals surface area contributed by atoms with E-state index in [4.69, 9.17) is 0 Å². The van der Waals surface area contributed by atoms with Crippen LogP contribution in [0.5, 0.6) is 0 Å². The number of carbonyl (C=O) groups excluding carboxylic acids is 1. The first-order valence-electron chi connectivity index (χ1n) is 4.20. The average molecular weight is 194 g/mol. The molecule has 0 aliphatic rings. The zero-order chi connectivity index (χ0) is 10.7. The van der Waals surface area contributed by atoms with Crippen molar-refractivity contribution in [1.82, 2.24) is 4.98 Å². The number of ketones is 1. The lowest BCUT2D eigenvalue weighted by molar-refractivity contribution is -0.385. The Balaban J connectivity index is 3.21. The predicted octanol–water partition coefficient (Wildman–Crippen LogP) is 1.89. The van der Waals surface area contributed by atoms with Crippen LogP contribution in [0.1, 0.15) is 29.4 Å². The molecule has 0 radical (unpaired) electrons. The number of carbonyl (C=O) groups is 1. The van der Waals surface area contributed by atoms with Gasteiger partial charge in [-0.05, 0) is 6.92 Å². The lowest BCUT2D eigenvalue weighted by Gasteiger charge is -2.01. The molecule has 0 aromatic carbocycles. The van der Waals surface area contributed by atoms with Crippen LogP contribution in [0.25, 0.3) is 0 Å². The molecule has 1 rings (SSSR count). The van der Waals surface area contributed by atoms with Crippen molar-refractivity contribution in [3.05, 3.63) is 33.6 Å². The van der Waals surface area contributed by atoms with Gasteiger partial charge in [-0.2, -0.15) is 0 Å². The van der Waals surface area contributed by atoms with Crippen LogP contribution in [0.4, 0.5) is 5.69 Å². The summed E-state index contributed by atoms with van der Waals surface area (Å²) in [7, 11) is 0. The fourth-order valence-electron chi connectivity index (χ4n) is 1.09. The Kier molecular flexibility index (Phi) is 2.91. The smallest absolute Gasteiger partial charge is 0.288 e. The van der Waals surface area contributed by atoms with Crippen LogP contribution in [-0.4, -0.2) is 15.7 Å². The van der Waals surface area contributed by atoms with E-state index in [2.05, 4.69) is 4.98 Å². The van der Waals surface area contributed by atoms with Crippen molar-refractivity contribution < 1.29 is 9.72 Å². The molecule has 0 saturated carbocycles. The molecule has 0 saturated heterocycles. The second-order valence-electron chi connectivity index (χ2n) is 2.86. The topological polar surface area (TPSA) is 73.1 Å². The van der Waals surface area contributed by atoms with Gasteiger partial charge in [0.05, 0.1) is 4.92 Å². The minimum absolute atomic E-state index is 0.126. The Morgan fingerprint density at radius 3 is 2.79 bits per heavy atom. The van der Waals surface area contributed by atoms with Crippen LogP contribution >= 0.6 is 0 Å². The van der Waals surface area contributed by atoms with Crippen molar-refractivity contribution in [2.24, 2.45) is 0 Å². The molecule has 1 heterocycles. The van der Waals surface area contributed by atoms with Gasteiger partial charge in [0.15, 0.2) is 5.78 Å². The average Bonchev–Trinajstić information content (AvgIpc) is 2.17. The van der Waals surface area contributed by atoms with E-state index in [0.29, 0.717) is 17.7 Å². The molecule has 5 nitrogen and oxygen atoms in total. The van der Waals surface area contributed by atoms with Gasteiger partial charge in [-0.15, -0.1) is 0 Å². The standard InChI is InChI=1S/C9H10N2O3/c1-3-9(12)8-4-7(11(13)14)5-10-6(8)2/h4-5H,3H2,1-2H3. The molecule has 0 aliphatic carbocycles. The molecule has 74 valence electrons. The number of hydrogen-bond donors (Lipinski definition) is 0. The third-order valence-corrected chi connectivity index (χ3v) is 1.90. The number of pyridine rings is 1. The monoisotopic (exact) mass is 194 g/mol. The third-order valence-electron chi connectivity index (χ3n) is 1.90. The van der Waals surface area contributed by atoms with Crippen LogP contribution in [-0.2, 0) is 0 Å². The Bertz CT molecular complexity index is 388. The number of aromatic nitrogens is 1. The fourth-order valence-corrected chi connectivity index (χ4v) is 1.09. The first kappa shape index (κ1) is 10.3. The zero-order valence-electron chi connectivity index (χ0n) is 7.98. The van der Waals surface area contributed by atoms with Gasteiger partial charge in [0.25, 0.3) is 5.69 Å². The maximum absolute atomic E-state index is 11.3. The number of Topliss-reactive ketones (excluding diaryl/α,β-unsaturated/α-hetero) is 1. The highest BCUT2D eigenvalue weighted by atomic mass is 16.6. The molecular weight excluding hydrogens is 184 g/mol. The second kappa shape index (κ2) is 3.95. The highest BCUT2D eigenvalue weighted by Gasteiger charge is 2.13. The van der Waals surface area contributed by atoms with Crippen molar-refractivity contribution in [3.63, 3.8) is 0 Å². The summed E-state index contributed by atoms with van der Waals surface area (Å²) in [5, 5.41) is 10.4. The van der Waals surface area contributed by atoms with E-state index in [9.17, 15) is 14.9 Å². The van der Waals surface area contributed by atoms with E-state index < -0.39 is 4.92 Å². The lowest BCUT2D eigenvalue weighted by Crippen LogP contribution is -2.03. The Morgan fingerprint density at radius 2 is 2.29 bits per heavy atom. The summed E-state index contributed by atoms with van der Waals surface area (Å²) in [6.45, 7) is 3.37. The van der Waals surface area contributed by atoms with Gasteiger partial charge >= 0.3 is 0 Å². The van der Waals surface area contributed by atoms with E-state index >= 15 is 0 Å². The number of nitro groups is 1. The van der Waals surface area contributed by atoms with E-state index in [1.54, 1.807) is 13.8 Å². The summed E-state index contributed by atoms with van der Waals surface area (Å²) < 4.78 is 0. The summed E-state index contributed by atoms with van der Waals surface area (Å²) in [6.07, 6.45) is 1.48. The zero-order valence-corrected chi connectivity index (χ0v) is 7.98. The van der Waals surface area contributed by atoms with Crippen LogP contribution in [0.3, 0.4) is 0 Å². The van der Waals surface area contributed by atoms with Crippen LogP contribution in [0.15, 0.2) is 12.3 Å². The SMILES string of the molecule is CCC(=O)c1cc([N+](=O)[O-])cnc1C. The molecule has 0 bridgehead atoms. The molecule has 0 amide bonds. The summed E-state index contributed by atoms with van der Waals surface area (Å²) in [6, 6.07) is 1.27. The van der Waals surface area contributed by atoms with Crippen LogP contribution < -0.4 is 0 Å². The molecule has 0 aliphatic heterocycles. The largest absolute Gasteiger partial charge is 0.294 e. The van der Waals surface area contributed by atoms with Gasteiger partial charge < -0.3 is 0 Å². The van der Waals surface area contributed by atoms with Crippen molar-refractivity contribution in [3.8, 4) is 0 Å². The van der Waals surface area contributed by atoms with Gasteiger partial charge in [0, 0.05) is 23.7 Å². The number of aryl methyl sites for hydroxylation is 1. The summed E-state index contributed by atoms with van der Waals surface area (Å²) in [5.41, 5.74) is 0.719. The predicted molar refractivity (Wildman–Crippen MR) is 50.2 cm³/mol. The lowest BCUT2D eigenvalue weighted by atomic mass is 10.1. The van der Waals surface area contributed by atoms with Gasteiger partial charge in [-0.3, -0.25) is 19.9 Å². The quantitative estimate of drug-likeness (QED) is 0.418. The molecule has 0 fully saturated rings. The number of rotatable bonds is 3. The number of hydrogen-bond acceptors (Lipinski definition) is 4. The summed E-state index contributed by atoms with van der Waals surface area (Å²) in [5.74, 6) is -0.126. The highest BCUT2D eigenvalue weighted by molar-refractivity contribution is 5.97. The first-order chi connectivity index (χ1) is 6.56. The first-order valence-corrected chi connectivity index (χ1v) is 4.20. The van der Waals surface area contributed by atoms with Crippen molar-refractivity contribution in [2.45, 2.75) is 20.3 Å². The van der Waals surface area contributed by atoms with Crippen molar-refractivity contribution in [1.29, 1.82) is 0 Å². The number of nitrogens with zero attached hydrogens (tertiary/aromatic N) is 2. The Labute approximate surface area is 80.9 Å². The van der Waals surface area contributed by atoms with Gasteiger partial charge in [0.1, 0.15) is 6.20 Å². The molecule has 5 heteroatoms. The van der Waals surface area contributed by atoms with Crippen LogP contribution in [0, 0.1) is 17.0 Å². The van der Waals surface area contributed by atoms with E-state index in [-0.39, 0.29) is 11.5 Å². The highest BCUT2D eigenvalue weighted by Crippen LogP contribution is 2.15. The van der Waals surface area contributed by atoms with E-state index in [1.807, 2.05) is 0 Å². The summed E-state index contributed by atoms with van der Waals surface area (Å²) in [4.78, 5) is 25.0. The van der Waals surface area contributed by atoms with E-state index in [0.717, 1.165) is 6.20 Å². The molecule has 0 spiro atoms. The minimum atomic E-state index is -0.557. The molecule has 0 unspecified atom stereocenters. The molecule has 14 heavy (non-hydrogen) atoms. The van der Waals surface area contributed by atoms with Crippen molar-refractivity contribution in [2.75, 3.05) is 0 Å². The van der Waals surface area contributed by atoms with Gasteiger partial charge in [-0.25, -0.2) is 0 Å². The third kappa shape index (κ3) is 1.93. The maximum atomic E-state index is 11.3. The normalized spacial score (nSPS) is 9.86.